The Hall–Kier alpha value is -1.59. The second-order valence-corrected chi connectivity index (χ2v) is 6.38. The van der Waals surface area contributed by atoms with E-state index in [4.69, 9.17) is 4.74 Å². The molecule has 0 unspecified atom stereocenters. The minimum absolute atomic E-state index is 0.0328. The van der Waals surface area contributed by atoms with E-state index >= 15 is 0 Å². The zero-order chi connectivity index (χ0) is 16.7. The SMILES string of the molecule is COCc1cccc(CNC(=O)N(C)C2CCC(CO)CC2)c1. The van der Waals surface area contributed by atoms with Gasteiger partial charge in [-0.05, 0) is 42.7 Å². The van der Waals surface area contributed by atoms with Crippen LogP contribution in [0.15, 0.2) is 24.3 Å². The molecule has 0 aromatic heterocycles. The van der Waals surface area contributed by atoms with Crippen molar-refractivity contribution in [1.29, 1.82) is 0 Å². The zero-order valence-electron chi connectivity index (χ0n) is 14.1. The van der Waals surface area contributed by atoms with Crippen molar-refractivity contribution in [2.75, 3.05) is 20.8 Å². The van der Waals surface area contributed by atoms with Crippen LogP contribution in [0.3, 0.4) is 0 Å². The Morgan fingerprint density at radius 1 is 1.30 bits per heavy atom. The van der Waals surface area contributed by atoms with Crippen LogP contribution in [0, 0.1) is 5.92 Å². The molecule has 0 saturated heterocycles. The number of benzene rings is 1. The van der Waals surface area contributed by atoms with Crippen LogP contribution in [-0.2, 0) is 17.9 Å². The summed E-state index contributed by atoms with van der Waals surface area (Å²) >= 11 is 0. The van der Waals surface area contributed by atoms with Gasteiger partial charge in [0.2, 0.25) is 0 Å². The average molecular weight is 320 g/mol. The summed E-state index contributed by atoms with van der Waals surface area (Å²) in [6.07, 6.45) is 3.94. The maximum absolute atomic E-state index is 12.3. The number of nitrogens with one attached hydrogen (secondary N) is 1. The Morgan fingerprint density at radius 2 is 2.00 bits per heavy atom. The monoisotopic (exact) mass is 320 g/mol. The van der Waals surface area contributed by atoms with Crippen molar-refractivity contribution in [1.82, 2.24) is 10.2 Å². The summed E-state index contributed by atoms with van der Waals surface area (Å²) in [4.78, 5) is 14.1. The number of rotatable bonds is 6. The Labute approximate surface area is 138 Å². The zero-order valence-corrected chi connectivity index (χ0v) is 14.1. The summed E-state index contributed by atoms with van der Waals surface area (Å²) in [7, 11) is 3.54. The highest BCUT2D eigenvalue weighted by atomic mass is 16.5. The van der Waals surface area contributed by atoms with Crippen LogP contribution in [0.4, 0.5) is 4.79 Å². The maximum atomic E-state index is 12.3. The molecule has 0 heterocycles. The summed E-state index contributed by atoms with van der Waals surface area (Å²) in [5.41, 5.74) is 2.18. The third kappa shape index (κ3) is 5.22. The average Bonchev–Trinajstić information content (AvgIpc) is 2.60. The smallest absolute Gasteiger partial charge is 0.317 e. The standard InChI is InChI=1S/C18H28N2O3/c1-20(17-8-6-14(12-21)7-9-17)18(22)19-11-15-4-3-5-16(10-15)13-23-2/h3-5,10,14,17,21H,6-9,11-13H2,1-2H3,(H,19,22). The van der Waals surface area contributed by atoms with E-state index in [0.29, 0.717) is 19.1 Å². The van der Waals surface area contributed by atoms with Gasteiger partial charge in [0.25, 0.3) is 0 Å². The summed E-state index contributed by atoms with van der Waals surface area (Å²) in [6, 6.07) is 8.30. The van der Waals surface area contributed by atoms with Gasteiger partial charge in [-0.1, -0.05) is 24.3 Å². The number of carbonyl (C=O) groups excluding carboxylic acids is 1. The van der Waals surface area contributed by atoms with E-state index in [9.17, 15) is 9.90 Å². The lowest BCUT2D eigenvalue weighted by molar-refractivity contribution is 0.134. The molecule has 2 amide bonds. The minimum Gasteiger partial charge on any atom is -0.396 e. The number of carbonyl (C=O) groups is 1. The second kappa shape index (κ2) is 8.89. The largest absolute Gasteiger partial charge is 0.396 e. The number of hydrogen-bond donors (Lipinski definition) is 2. The molecule has 0 spiro atoms. The molecule has 1 aromatic rings. The Kier molecular flexibility index (Phi) is 6.86. The molecule has 0 bridgehead atoms. The molecule has 1 aromatic carbocycles. The van der Waals surface area contributed by atoms with E-state index in [1.165, 1.54) is 0 Å². The van der Waals surface area contributed by atoms with Gasteiger partial charge >= 0.3 is 6.03 Å². The van der Waals surface area contributed by atoms with Crippen molar-refractivity contribution < 1.29 is 14.6 Å². The van der Waals surface area contributed by atoms with Crippen molar-refractivity contribution in [2.45, 2.75) is 44.9 Å². The predicted octanol–water partition coefficient (Wildman–Crippen LogP) is 2.53. The van der Waals surface area contributed by atoms with Crippen LogP contribution >= 0.6 is 0 Å². The molecule has 23 heavy (non-hydrogen) atoms. The number of urea groups is 1. The molecular weight excluding hydrogens is 292 g/mol. The molecule has 1 aliphatic rings. The third-order valence-electron chi connectivity index (χ3n) is 4.69. The first-order valence-corrected chi connectivity index (χ1v) is 8.32. The molecular formula is C18H28N2O3. The number of nitrogens with zero attached hydrogens (tertiary/aromatic N) is 1. The van der Waals surface area contributed by atoms with Gasteiger partial charge in [-0.2, -0.15) is 0 Å². The quantitative estimate of drug-likeness (QED) is 0.847. The number of hydrogen-bond acceptors (Lipinski definition) is 3. The fraction of sp³-hybridized carbons (Fsp3) is 0.611. The minimum atomic E-state index is -0.0328. The molecule has 2 rings (SSSR count). The van der Waals surface area contributed by atoms with E-state index in [-0.39, 0.29) is 18.7 Å². The van der Waals surface area contributed by atoms with Crippen molar-refractivity contribution in [3.8, 4) is 0 Å². The van der Waals surface area contributed by atoms with E-state index in [1.807, 2.05) is 30.1 Å². The molecule has 0 aliphatic heterocycles. The summed E-state index contributed by atoms with van der Waals surface area (Å²) < 4.78 is 5.13. The molecule has 128 valence electrons. The Bertz CT molecular complexity index is 499. The number of methoxy groups -OCH3 is 1. The van der Waals surface area contributed by atoms with Crippen LogP contribution < -0.4 is 5.32 Å². The van der Waals surface area contributed by atoms with E-state index in [2.05, 4.69) is 11.4 Å². The van der Waals surface area contributed by atoms with Gasteiger partial charge < -0.3 is 20.1 Å². The highest BCUT2D eigenvalue weighted by Gasteiger charge is 2.25. The normalized spacial score (nSPS) is 21.0. The Balaban J connectivity index is 1.81. The van der Waals surface area contributed by atoms with Crippen molar-refractivity contribution in [2.24, 2.45) is 5.92 Å². The predicted molar refractivity (Wildman–Crippen MR) is 90.0 cm³/mol. The van der Waals surface area contributed by atoms with Gasteiger partial charge in [-0.15, -0.1) is 0 Å². The third-order valence-corrected chi connectivity index (χ3v) is 4.69. The van der Waals surface area contributed by atoms with Crippen LogP contribution in [0.2, 0.25) is 0 Å². The van der Waals surface area contributed by atoms with Crippen LogP contribution in [0.5, 0.6) is 0 Å². The van der Waals surface area contributed by atoms with E-state index in [0.717, 1.165) is 36.8 Å². The molecule has 0 radical (unpaired) electrons. The van der Waals surface area contributed by atoms with Gasteiger partial charge in [0.15, 0.2) is 0 Å². The highest BCUT2D eigenvalue weighted by Crippen LogP contribution is 2.26. The summed E-state index contributed by atoms with van der Waals surface area (Å²) in [5, 5.41) is 12.2. The fourth-order valence-corrected chi connectivity index (χ4v) is 3.18. The lowest BCUT2D eigenvalue weighted by Crippen LogP contribution is -2.45. The molecule has 1 fully saturated rings. The molecule has 5 nitrogen and oxygen atoms in total. The second-order valence-electron chi connectivity index (χ2n) is 6.38. The first-order valence-electron chi connectivity index (χ1n) is 8.32. The molecule has 1 aliphatic carbocycles. The van der Waals surface area contributed by atoms with Crippen molar-refractivity contribution >= 4 is 6.03 Å². The van der Waals surface area contributed by atoms with Crippen LogP contribution in [0.25, 0.3) is 0 Å². The van der Waals surface area contributed by atoms with Gasteiger partial charge in [-0.25, -0.2) is 4.79 Å². The summed E-state index contributed by atoms with van der Waals surface area (Å²) in [6.45, 7) is 1.36. The van der Waals surface area contributed by atoms with E-state index in [1.54, 1.807) is 7.11 Å². The summed E-state index contributed by atoms with van der Waals surface area (Å²) in [5.74, 6) is 0.409. The number of ether oxygens (including phenoxy) is 1. The lowest BCUT2D eigenvalue weighted by atomic mass is 9.86. The van der Waals surface area contributed by atoms with Crippen LogP contribution in [-0.4, -0.2) is 42.8 Å². The lowest BCUT2D eigenvalue weighted by Gasteiger charge is -2.34. The molecule has 0 atom stereocenters. The first-order chi connectivity index (χ1) is 11.1. The highest BCUT2D eigenvalue weighted by molar-refractivity contribution is 5.74. The van der Waals surface area contributed by atoms with Gasteiger partial charge in [-0.3, -0.25) is 0 Å². The first kappa shape index (κ1) is 17.8. The number of aliphatic hydroxyl groups is 1. The maximum Gasteiger partial charge on any atom is 0.317 e. The Morgan fingerprint density at radius 3 is 2.65 bits per heavy atom. The van der Waals surface area contributed by atoms with Gasteiger partial charge in [0, 0.05) is 33.4 Å². The topological polar surface area (TPSA) is 61.8 Å². The molecule has 5 heteroatoms. The molecule has 1 saturated carbocycles. The number of aliphatic hydroxyl groups excluding tert-OH is 1. The fourth-order valence-electron chi connectivity index (χ4n) is 3.18. The van der Waals surface area contributed by atoms with Crippen molar-refractivity contribution in [3.63, 3.8) is 0 Å². The van der Waals surface area contributed by atoms with Gasteiger partial charge in [0.1, 0.15) is 0 Å². The van der Waals surface area contributed by atoms with Crippen molar-refractivity contribution in [3.05, 3.63) is 35.4 Å². The van der Waals surface area contributed by atoms with Crippen LogP contribution in [0.1, 0.15) is 36.8 Å². The van der Waals surface area contributed by atoms with Gasteiger partial charge in [0.05, 0.1) is 6.61 Å². The number of amides is 2. The molecule has 2 N–H and O–H groups in total. The van der Waals surface area contributed by atoms with E-state index < -0.39 is 0 Å².